The van der Waals surface area contributed by atoms with Gasteiger partial charge in [0, 0.05) is 27.9 Å². The van der Waals surface area contributed by atoms with Crippen LogP contribution < -0.4 is 0 Å². The van der Waals surface area contributed by atoms with Gasteiger partial charge in [0.05, 0.1) is 12.0 Å². The van der Waals surface area contributed by atoms with Crippen molar-refractivity contribution in [2.75, 3.05) is 13.1 Å². The van der Waals surface area contributed by atoms with E-state index >= 15 is 0 Å². The average molecular weight is 351 g/mol. The zero-order chi connectivity index (χ0) is 17.3. The minimum Gasteiger partial charge on any atom is -0.481 e. The highest BCUT2D eigenvalue weighted by molar-refractivity contribution is 7.12. The standard InChI is InChI=1S/C18H19F2NO2S/c1-11-4-7-16(24-11)17(14-6-5-13(19)9-15(14)20)21-8-2-3-12(10-21)18(22)23/h4-7,9,12,17H,2-3,8,10H2,1H3,(H,22,23). The van der Waals surface area contributed by atoms with Crippen molar-refractivity contribution in [3.63, 3.8) is 0 Å². The van der Waals surface area contributed by atoms with Crippen LogP contribution in [0, 0.1) is 24.5 Å². The molecule has 1 aromatic carbocycles. The molecule has 1 saturated heterocycles. The second kappa shape index (κ2) is 6.99. The molecule has 0 bridgehead atoms. The van der Waals surface area contributed by atoms with Crippen molar-refractivity contribution in [2.24, 2.45) is 5.92 Å². The zero-order valence-corrected chi connectivity index (χ0v) is 14.2. The first kappa shape index (κ1) is 17.0. The SMILES string of the molecule is Cc1ccc(C(c2ccc(F)cc2F)N2CCCC(C(=O)O)C2)s1. The summed E-state index contributed by atoms with van der Waals surface area (Å²) in [6.07, 6.45) is 1.38. The van der Waals surface area contributed by atoms with Crippen molar-refractivity contribution in [3.8, 4) is 0 Å². The van der Waals surface area contributed by atoms with Gasteiger partial charge in [-0.05, 0) is 44.5 Å². The summed E-state index contributed by atoms with van der Waals surface area (Å²) in [6, 6.07) is 7.14. The van der Waals surface area contributed by atoms with Crippen LogP contribution in [-0.2, 0) is 4.79 Å². The number of hydrogen-bond acceptors (Lipinski definition) is 3. The number of piperidine rings is 1. The maximum absolute atomic E-state index is 14.4. The van der Waals surface area contributed by atoms with Gasteiger partial charge in [-0.25, -0.2) is 8.78 Å². The van der Waals surface area contributed by atoms with E-state index in [1.165, 1.54) is 12.1 Å². The first-order valence-corrected chi connectivity index (χ1v) is 8.75. The number of likely N-dealkylation sites (tertiary alicyclic amines) is 1. The number of carboxylic acid groups (broad SMARTS) is 1. The third kappa shape index (κ3) is 3.49. The van der Waals surface area contributed by atoms with Gasteiger partial charge in [0.1, 0.15) is 11.6 Å². The van der Waals surface area contributed by atoms with Crippen LogP contribution in [0.5, 0.6) is 0 Å². The van der Waals surface area contributed by atoms with E-state index in [4.69, 9.17) is 0 Å². The molecule has 0 aliphatic carbocycles. The number of carboxylic acids is 1. The smallest absolute Gasteiger partial charge is 0.307 e. The van der Waals surface area contributed by atoms with E-state index < -0.39 is 23.5 Å². The highest BCUT2D eigenvalue weighted by Crippen LogP contribution is 2.37. The molecule has 1 N–H and O–H groups in total. The number of aryl methyl sites for hydroxylation is 1. The molecule has 2 unspecified atom stereocenters. The molecule has 1 aliphatic heterocycles. The minimum absolute atomic E-state index is 0.369. The van der Waals surface area contributed by atoms with E-state index in [9.17, 15) is 18.7 Å². The summed E-state index contributed by atoms with van der Waals surface area (Å²) in [6.45, 7) is 3.04. The maximum atomic E-state index is 14.4. The van der Waals surface area contributed by atoms with E-state index in [-0.39, 0.29) is 6.04 Å². The molecule has 6 heteroatoms. The van der Waals surface area contributed by atoms with Gasteiger partial charge >= 0.3 is 5.97 Å². The number of hydrogen-bond donors (Lipinski definition) is 1. The van der Waals surface area contributed by atoms with Gasteiger partial charge in [0.25, 0.3) is 0 Å². The zero-order valence-electron chi connectivity index (χ0n) is 13.3. The van der Waals surface area contributed by atoms with E-state index in [2.05, 4.69) is 0 Å². The summed E-state index contributed by atoms with van der Waals surface area (Å²) in [7, 11) is 0. The Kier molecular flexibility index (Phi) is 4.96. The van der Waals surface area contributed by atoms with Crippen LogP contribution >= 0.6 is 11.3 Å². The quantitative estimate of drug-likeness (QED) is 0.897. The normalized spacial score (nSPS) is 20.0. The number of thiophene rings is 1. The number of benzene rings is 1. The minimum atomic E-state index is -0.819. The fourth-order valence-electron chi connectivity index (χ4n) is 3.30. The number of nitrogens with zero attached hydrogens (tertiary/aromatic N) is 1. The van der Waals surface area contributed by atoms with Crippen molar-refractivity contribution in [3.05, 3.63) is 57.3 Å². The second-order valence-electron chi connectivity index (χ2n) is 6.19. The van der Waals surface area contributed by atoms with Gasteiger partial charge in [0.2, 0.25) is 0 Å². The molecule has 0 amide bonds. The van der Waals surface area contributed by atoms with Crippen LogP contribution in [0.4, 0.5) is 8.78 Å². The highest BCUT2D eigenvalue weighted by atomic mass is 32.1. The Balaban J connectivity index is 2.00. The molecule has 0 radical (unpaired) electrons. The third-order valence-corrected chi connectivity index (χ3v) is 5.51. The largest absolute Gasteiger partial charge is 0.481 e. The summed E-state index contributed by atoms with van der Waals surface area (Å²) < 4.78 is 27.7. The van der Waals surface area contributed by atoms with E-state index in [1.807, 2.05) is 24.0 Å². The van der Waals surface area contributed by atoms with Crippen LogP contribution in [0.25, 0.3) is 0 Å². The Hall–Kier alpha value is -1.79. The van der Waals surface area contributed by atoms with Gasteiger partial charge in [-0.1, -0.05) is 6.07 Å². The first-order chi connectivity index (χ1) is 11.5. The van der Waals surface area contributed by atoms with Crippen LogP contribution in [0.15, 0.2) is 30.3 Å². The molecule has 128 valence electrons. The van der Waals surface area contributed by atoms with Crippen LogP contribution in [0.3, 0.4) is 0 Å². The Morgan fingerprint density at radius 1 is 1.33 bits per heavy atom. The van der Waals surface area contributed by atoms with E-state index in [0.717, 1.165) is 22.2 Å². The lowest BCUT2D eigenvalue weighted by molar-refractivity contribution is -0.143. The van der Waals surface area contributed by atoms with Crippen LogP contribution in [0.1, 0.15) is 34.2 Å². The van der Waals surface area contributed by atoms with Gasteiger partial charge in [-0.2, -0.15) is 0 Å². The molecule has 3 rings (SSSR count). The molecule has 0 saturated carbocycles. The summed E-state index contributed by atoms with van der Waals surface area (Å²) in [5.41, 5.74) is 0.393. The van der Waals surface area contributed by atoms with Gasteiger partial charge < -0.3 is 5.11 Å². The van der Waals surface area contributed by atoms with Crippen LogP contribution in [-0.4, -0.2) is 29.1 Å². The van der Waals surface area contributed by atoms with E-state index in [0.29, 0.717) is 25.1 Å². The summed E-state index contributed by atoms with van der Waals surface area (Å²) in [5, 5.41) is 9.33. The Morgan fingerprint density at radius 3 is 2.75 bits per heavy atom. The molecular weight excluding hydrogens is 332 g/mol. The predicted octanol–water partition coefficient (Wildman–Crippen LogP) is 4.22. The summed E-state index contributed by atoms with van der Waals surface area (Å²) in [5.74, 6) is -2.48. The molecule has 24 heavy (non-hydrogen) atoms. The van der Waals surface area contributed by atoms with Gasteiger partial charge in [-0.15, -0.1) is 11.3 Å². The number of carbonyl (C=O) groups is 1. The van der Waals surface area contributed by atoms with Crippen LogP contribution in [0.2, 0.25) is 0 Å². The molecule has 0 spiro atoms. The fourth-order valence-corrected chi connectivity index (χ4v) is 4.33. The lowest BCUT2D eigenvalue weighted by Crippen LogP contribution is -2.41. The topological polar surface area (TPSA) is 40.5 Å². The number of rotatable bonds is 4. The fraction of sp³-hybridized carbons (Fsp3) is 0.389. The number of halogens is 2. The molecule has 2 heterocycles. The molecule has 3 nitrogen and oxygen atoms in total. The molecule has 2 atom stereocenters. The van der Waals surface area contributed by atoms with Crippen molar-refractivity contribution in [1.29, 1.82) is 0 Å². The monoisotopic (exact) mass is 351 g/mol. The summed E-state index contributed by atoms with van der Waals surface area (Å²) >= 11 is 1.56. The van der Waals surface area contributed by atoms with Gasteiger partial charge in [-0.3, -0.25) is 9.69 Å². The first-order valence-electron chi connectivity index (χ1n) is 7.94. The highest BCUT2D eigenvalue weighted by Gasteiger charge is 2.33. The Morgan fingerprint density at radius 2 is 2.12 bits per heavy atom. The third-order valence-electron chi connectivity index (χ3n) is 4.45. The molecule has 1 fully saturated rings. The molecular formula is C18H19F2NO2S. The molecule has 2 aromatic rings. The van der Waals surface area contributed by atoms with Crippen molar-refractivity contribution in [1.82, 2.24) is 4.90 Å². The van der Waals surface area contributed by atoms with Crippen molar-refractivity contribution in [2.45, 2.75) is 25.8 Å². The van der Waals surface area contributed by atoms with E-state index in [1.54, 1.807) is 11.3 Å². The van der Waals surface area contributed by atoms with Crippen molar-refractivity contribution < 1.29 is 18.7 Å². The summed E-state index contributed by atoms with van der Waals surface area (Å²) in [4.78, 5) is 15.4. The second-order valence-corrected chi connectivity index (χ2v) is 7.51. The van der Waals surface area contributed by atoms with Gasteiger partial charge in [0.15, 0.2) is 0 Å². The molecule has 1 aliphatic rings. The lowest BCUT2D eigenvalue weighted by Gasteiger charge is -2.37. The molecule has 1 aromatic heterocycles. The number of aliphatic carboxylic acids is 1. The average Bonchev–Trinajstić information content (AvgIpc) is 2.96. The Labute approximate surface area is 143 Å². The maximum Gasteiger partial charge on any atom is 0.307 e. The lowest BCUT2D eigenvalue weighted by atomic mass is 9.94. The predicted molar refractivity (Wildman–Crippen MR) is 89.2 cm³/mol. The Bertz CT molecular complexity index is 746. The van der Waals surface area contributed by atoms with Crippen molar-refractivity contribution >= 4 is 17.3 Å².